The molecule has 32 heavy (non-hydrogen) atoms. The lowest BCUT2D eigenvalue weighted by molar-refractivity contribution is -0.130. The number of halogens is 1. The van der Waals surface area contributed by atoms with Crippen molar-refractivity contribution in [1.82, 2.24) is 20.5 Å². The fourth-order valence-corrected chi connectivity index (χ4v) is 3.41. The Morgan fingerprint density at radius 1 is 1.12 bits per heavy atom. The molecule has 0 bridgehead atoms. The van der Waals surface area contributed by atoms with Crippen LogP contribution in [0.3, 0.4) is 0 Å². The van der Waals surface area contributed by atoms with Gasteiger partial charge in [-0.1, -0.05) is 16.4 Å². The first-order chi connectivity index (χ1) is 15.5. The molecule has 4 rings (SSSR count). The SMILES string of the molecule is NC(=O)NCC(=O)N1CCN(c2ccc(-c3cc(CNc4ccon4)on3)cc2F)CC1. The van der Waals surface area contributed by atoms with Gasteiger partial charge in [0.1, 0.15) is 17.8 Å². The van der Waals surface area contributed by atoms with E-state index < -0.39 is 6.03 Å². The van der Waals surface area contributed by atoms with E-state index in [1.54, 1.807) is 29.2 Å². The Labute approximate surface area is 182 Å². The molecule has 1 aliphatic rings. The maximum Gasteiger partial charge on any atom is 0.312 e. The van der Waals surface area contributed by atoms with Gasteiger partial charge in [-0.2, -0.15) is 0 Å². The van der Waals surface area contributed by atoms with Crippen LogP contribution < -0.4 is 21.3 Å². The van der Waals surface area contributed by atoms with E-state index in [1.807, 2.05) is 4.90 Å². The molecule has 0 aliphatic carbocycles. The number of hydrogen-bond acceptors (Lipinski definition) is 8. The van der Waals surface area contributed by atoms with Crippen LogP contribution in [0, 0.1) is 5.82 Å². The third-order valence-electron chi connectivity index (χ3n) is 5.07. The van der Waals surface area contributed by atoms with E-state index in [9.17, 15) is 14.0 Å². The number of amides is 3. The predicted molar refractivity (Wildman–Crippen MR) is 112 cm³/mol. The molecule has 1 saturated heterocycles. The number of piperazine rings is 1. The average Bonchev–Trinajstić information content (AvgIpc) is 3.48. The first-order valence-corrected chi connectivity index (χ1v) is 9.95. The first-order valence-electron chi connectivity index (χ1n) is 9.95. The number of nitrogens with zero attached hydrogens (tertiary/aromatic N) is 4. The molecule has 3 aromatic rings. The molecule has 3 heterocycles. The second kappa shape index (κ2) is 9.37. The molecule has 3 amide bonds. The van der Waals surface area contributed by atoms with Gasteiger partial charge < -0.3 is 35.2 Å². The van der Waals surface area contributed by atoms with Crippen molar-refractivity contribution in [2.75, 3.05) is 42.9 Å². The standard InChI is InChI=1S/C20H22FN7O4/c21-15-9-13(16-10-14(32-25-16)11-23-18-3-8-31-26-18)1-2-17(15)27-4-6-28(7-5-27)19(29)12-24-20(22)30/h1-3,8-10H,4-7,11-12H2,(H,23,26)(H3,22,24,30). The van der Waals surface area contributed by atoms with E-state index >= 15 is 0 Å². The van der Waals surface area contributed by atoms with Crippen LogP contribution >= 0.6 is 0 Å². The van der Waals surface area contributed by atoms with Crippen LogP contribution in [0.2, 0.25) is 0 Å². The second-order valence-electron chi connectivity index (χ2n) is 7.17. The normalized spacial score (nSPS) is 13.8. The molecule has 0 saturated carbocycles. The number of anilines is 2. The zero-order chi connectivity index (χ0) is 22.5. The topological polar surface area (TPSA) is 143 Å². The molecular weight excluding hydrogens is 421 g/mol. The number of urea groups is 1. The summed E-state index contributed by atoms with van der Waals surface area (Å²) in [4.78, 5) is 26.3. The Balaban J connectivity index is 1.35. The van der Waals surface area contributed by atoms with Crippen molar-refractivity contribution in [3.05, 3.63) is 48.2 Å². The highest BCUT2D eigenvalue weighted by Gasteiger charge is 2.23. The Morgan fingerprint density at radius 3 is 2.62 bits per heavy atom. The average molecular weight is 443 g/mol. The summed E-state index contributed by atoms with van der Waals surface area (Å²) in [5.41, 5.74) is 6.55. The molecule has 2 aromatic heterocycles. The van der Waals surface area contributed by atoms with Gasteiger partial charge in [0.25, 0.3) is 0 Å². The van der Waals surface area contributed by atoms with Crippen LogP contribution in [0.4, 0.5) is 20.7 Å². The minimum atomic E-state index is -0.746. The summed E-state index contributed by atoms with van der Waals surface area (Å²) < 4.78 is 24.9. The van der Waals surface area contributed by atoms with Crippen molar-refractivity contribution >= 4 is 23.4 Å². The number of carbonyl (C=O) groups excluding carboxylic acids is 2. The fraction of sp³-hybridized carbons (Fsp3) is 0.300. The van der Waals surface area contributed by atoms with Crippen molar-refractivity contribution in [3.63, 3.8) is 0 Å². The van der Waals surface area contributed by atoms with Crippen LogP contribution in [0.1, 0.15) is 5.76 Å². The number of nitrogens with two attached hydrogens (primary N) is 1. The summed E-state index contributed by atoms with van der Waals surface area (Å²) in [5.74, 6) is 0.533. The van der Waals surface area contributed by atoms with E-state index in [4.69, 9.17) is 14.8 Å². The predicted octanol–water partition coefficient (Wildman–Crippen LogP) is 1.40. The van der Waals surface area contributed by atoms with Crippen molar-refractivity contribution in [3.8, 4) is 11.3 Å². The first kappa shape index (κ1) is 21.2. The Morgan fingerprint density at radius 2 is 1.94 bits per heavy atom. The lowest BCUT2D eigenvalue weighted by Crippen LogP contribution is -2.51. The van der Waals surface area contributed by atoms with E-state index in [1.165, 1.54) is 12.3 Å². The summed E-state index contributed by atoms with van der Waals surface area (Å²) in [7, 11) is 0. The van der Waals surface area contributed by atoms with Gasteiger partial charge in [0, 0.05) is 43.9 Å². The van der Waals surface area contributed by atoms with Gasteiger partial charge in [-0.25, -0.2) is 9.18 Å². The number of carbonyl (C=O) groups is 2. The van der Waals surface area contributed by atoms with Gasteiger partial charge >= 0.3 is 6.03 Å². The van der Waals surface area contributed by atoms with Crippen molar-refractivity contribution in [2.45, 2.75) is 6.54 Å². The Hall–Kier alpha value is -4.09. The van der Waals surface area contributed by atoms with Gasteiger partial charge in [-0.15, -0.1) is 0 Å². The van der Waals surface area contributed by atoms with Crippen LogP contribution in [0.5, 0.6) is 0 Å². The van der Waals surface area contributed by atoms with E-state index in [-0.39, 0.29) is 18.3 Å². The van der Waals surface area contributed by atoms with Gasteiger partial charge in [-0.05, 0) is 12.1 Å². The van der Waals surface area contributed by atoms with E-state index in [2.05, 4.69) is 20.9 Å². The molecule has 0 unspecified atom stereocenters. The van der Waals surface area contributed by atoms with Crippen LogP contribution in [0.25, 0.3) is 11.3 Å². The van der Waals surface area contributed by atoms with Crippen LogP contribution in [-0.2, 0) is 11.3 Å². The van der Waals surface area contributed by atoms with Crippen LogP contribution in [0.15, 0.2) is 45.6 Å². The quantitative estimate of drug-likeness (QED) is 0.497. The number of primary amides is 1. The van der Waals surface area contributed by atoms with Gasteiger partial charge in [-0.3, -0.25) is 4.79 Å². The molecule has 0 radical (unpaired) electrons. The molecule has 1 aliphatic heterocycles. The Kier molecular flexibility index (Phi) is 6.19. The molecule has 11 nitrogen and oxygen atoms in total. The van der Waals surface area contributed by atoms with Gasteiger partial charge in [0.2, 0.25) is 5.91 Å². The zero-order valence-electron chi connectivity index (χ0n) is 17.1. The lowest BCUT2D eigenvalue weighted by Gasteiger charge is -2.36. The highest BCUT2D eigenvalue weighted by Crippen LogP contribution is 2.27. The molecule has 1 aromatic carbocycles. The minimum absolute atomic E-state index is 0.147. The van der Waals surface area contributed by atoms with Gasteiger partial charge in [0.05, 0.1) is 18.8 Å². The summed E-state index contributed by atoms with van der Waals surface area (Å²) >= 11 is 0. The number of rotatable bonds is 7. The molecule has 12 heteroatoms. The van der Waals surface area contributed by atoms with Crippen molar-refractivity contribution in [2.24, 2.45) is 5.73 Å². The Bertz CT molecular complexity index is 1080. The summed E-state index contributed by atoms with van der Waals surface area (Å²) in [6.45, 7) is 2.00. The molecule has 168 valence electrons. The maximum atomic E-state index is 14.9. The number of aromatic nitrogens is 2. The summed E-state index contributed by atoms with van der Waals surface area (Å²) in [6, 6.07) is 7.55. The number of hydrogen-bond donors (Lipinski definition) is 3. The smallest absolute Gasteiger partial charge is 0.312 e. The molecular formula is C20H22FN7O4. The number of benzene rings is 1. The van der Waals surface area contributed by atoms with Gasteiger partial charge in [0.15, 0.2) is 11.6 Å². The lowest BCUT2D eigenvalue weighted by atomic mass is 10.1. The number of nitrogens with one attached hydrogen (secondary N) is 2. The highest BCUT2D eigenvalue weighted by atomic mass is 19.1. The van der Waals surface area contributed by atoms with E-state index in [0.717, 1.165) is 0 Å². The fourth-order valence-electron chi connectivity index (χ4n) is 3.41. The summed E-state index contributed by atoms with van der Waals surface area (Å²) in [5, 5.41) is 13.1. The molecule has 0 atom stereocenters. The largest absolute Gasteiger partial charge is 0.366 e. The summed E-state index contributed by atoms with van der Waals surface area (Å²) in [6.07, 6.45) is 1.46. The monoisotopic (exact) mass is 443 g/mol. The molecule has 4 N–H and O–H groups in total. The molecule has 1 fully saturated rings. The zero-order valence-corrected chi connectivity index (χ0v) is 17.1. The second-order valence-corrected chi connectivity index (χ2v) is 7.17. The molecule has 0 spiro atoms. The van der Waals surface area contributed by atoms with E-state index in [0.29, 0.717) is 61.2 Å². The third kappa shape index (κ3) is 4.96. The van der Waals surface area contributed by atoms with Crippen molar-refractivity contribution < 1.29 is 23.0 Å². The maximum absolute atomic E-state index is 14.9. The highest BCUT2D eigenvalue weighted by molar-refractivity contribution is 5.83. The van der Waals surface area contributed by atoms with Crippen molar-refractivity contribution in [1.29, 1.82) is 0 Å². The van der Waals surface area contributed by atoms with Crippen LogP contribution in [-0.4, -0.2) is 59.9 Å². The third-order valence-corrected chi connectivity index (χ3v) is 5.07. The minimum Gasteiger partial charge on any atom is -0.366 e.